The van der Waals surface area contributed by atoms with Crippen molar-refractivity contribution in [2.75, 3.05) is 0 Å². The number of rotatable bonds is 3. The van der Waals surface area contributed by atoms with Gasteiger partial charge in [-0.25, -0.2) is 9.78 Å². The van der Waals surface area contributed by atoms with E-state index < -0.39 is 11.9 Å². The highest BCUT2D eigenvalue weighted by Gasteiger charge is 2.24. The molecule has 0 amide bonds. The van der Waals surface area contributed by atoms with E-state index in [1.807, 2.05) is 0 Å². The summed E-state index contributed by atoms with van der Waals surface area (Å²) in [7, 11) is 0. The average molecular weight is 224 g/mol. The van der Waals surface area contributed by atoms with Crippen LogP contribution in [0.15, 0.2) is 0 Å². The lowest BCUT2D eigenvalue weighted by atomic mass is 10.1. The van der Waals surface area contributed by atoms with Crippen molar-refractivity contribution in [2.24, 2.45) is 0 Å². The van der Waals surface area contributed by atoms with Crippen LogP contribution >= 0.6 is 0 Å². The summed E-state index contributed by atoms with van der Waals surface area (Å²) in [5.74, 6) is -1.72. The number of carboxylic acids is 2. The summed E-state index contributed by atoms with van der Waals surface area (Å²) in [6.45, 7) is 0.665. The van der Waals surface area contributed by atoms with Gasteiger partial charge in [-0.05, 0) is 19.3 Å². The molecule has 6 nitrogen and oxygen atoms in total. The van der Waals surface area contributed by atoms with Crippen LogP contribution in [0.1, 0.15) is 34.8 Å². The molecule has 2 N–H and O–H groups in total. The minimum Gasteiger partial charge on any atom is -0.481 e. The van der Waals surface area contributed by atoms with Crippen LogP contribution in [0.5, 0.6) is 0 Å². The molecule has 1 aliphatic heterocycles. The summed E-state index contributed by atoms with van der Waals surface area (Å²) < 4.78 is 1.74. The van der Waals surface area contributed by atoms with Crippen molar-refractivity contribution >= 4 is 11.9 Å². The summed E-state index contributed by atoms with van der Waals surface area (Å²) in [6, 6.07) is 0. The zero-order chi connectivity index (χ0) is 11.7. The van der Waals surface area contributed by atoms with Gasteiger partial charge in [0.15, 0.2) is 5.69 Å². The molecular formula is C10H12N2O4. The Bertz CT molecular complexity index is 450. The molecule has 0 saturated carbocycles. The van der Waals surface area contributed by atoms with E-state index in [1.165, 1.54) is 0 Å². The molecule has 0 aliphatic carbocycles. The number of carboxylic acid groups (broad SMARTS) is 2. The van der Waals surface area contributed by atoms with E-state index in [1.54, 1.807) is 4.57 Å². The van der Waals surface area contributed by atoms with E-state index >= 15 is 0 Å². The Kier molecular flexibility index (Phi) is 2.64. The van der Waals surface area contributed by atoms with Crippen molar-refractivity contribution in [3.8, 4) is 0 Å². The lowest BCUT2D eigenvalue weighted by Gasteiger charge is -2.16. The number of aromatic carboxylic acids is 1. The molecule has 1 aromatic rings. The van der Waals surface area contributed by atoms with Crippen LogP contribution in [-0.4, -0.2) is 31.7 Å². The first kappa shape index (κ1) is 10.7. The average Bonchev–Trinajstić information content (AvgIpc) is 2.57. The maximum atomic E-state index is 10.9. The quantitative estimate of drug-likeness (QED) is 0.781. The molecule has 0 bridgehead atoms. The molecule has 1 aliphatic rings. The number of carbonyl (C=O) groups is 2. The fourth-order valence-electron chi connectivity index (χ4n) is 2.06. The number of nitrogens with zero attached hydrogens (tertiary/aromatic N) is 2. The predicted molar refractivity (Wildman–Crippen MR) is 53.5 cm³/mol. The Balaban J connectivity index is 2.45. The molecule has 86 valence electrons. The molecule has 0 unspecified atom stereocenters. The molecule has 0 aromatic carbocycles. The lowest BCUT2D eigenvalue weighted by molar-refractivity contribution is -0.136. The number of aliphatic carboxylic acids is 1. The Morgan fingerprint density at radius 1 is 1.31 bits per heavy atom. The minimum absolute atomic E-state index is 0.0101. The monoisotopic (exact) mass is 224 g/mol. The number of imidazole rings is 1. The number of hydrogen-bond acceptors (Lipinski definition) is 3. The fraction of sp³-hybridized carbons (Fsp3) is 0.500. The first-order valence-corrected chi connectivity index (χ1v) is 5.13. The van der Waals surface area contributed by atoms with Gasteiger partial charge in [0.25, 0.3) is 0 Å². The van der Waals surface area contributed by atoms with E-state index in [9.17, 15) is 9.59 Å². The van der Waals surface area contributed by atoms with Crippen molar-refractivity contribution in [3.63, 3.8) is 0 Å². The normalized spacial score (nSPS) is 14.5. The first-order valence-electron chi connectivity index (χ1n) is 5.13. The fourth-order valence-corrected chi connectivity index (χ4v) is 2.06. The van der Waals surface area contributed by atoms with Crippen molar-refractivity contribution in [3.05, 3.63) is 17.2 Å². The SMILES string of the molecule is O=C(O)Cc1nc(C(=O)O)c2n1CCCC2. The highest BCUT2D eigenvalue weighted by molar-refractivity contribution is 5.87. The minimum atomic E-state index is -1.08. The van der Waals surface area contributed by atoms with Gasteiger partial charge in [-0.2, -0.15) is 0 Å². The van der Waals surface area contributed by atoms with Gasteiger partial charge in [0.1, 0.15) is 12.2 Å². The van der Waals surface area contributed by atoms with Crippen LogP contribution in [0.25, 0.3) is 0 Å². The molecule has 2 rings (SSSR count). The Morgan fingerprint density at radius 2 is 2.06 bits per heavy atom. The summed E-state index contributed by atoms with van der Waals surface area (Å²) in [5, 5.41) is 17.7. The van der Waals surface area contributed by atoms with Gasteiger partial charge in [0.05, 0.1) is 5.69 Å². The lowest BCUT2D eigenvalue weighted by Crippen LogP contribution is -2.16. The second kappa shape index (κ2) is 3.96. The van der Waals surface area contributed by atoms with E-state index in [0.717, 1.165) is 12.8 Å². The third-order valence-electron chi connectivity index (χ3n) is 2.71. The molecule has 0 fully saturated rings. The molecule has 0 atom stereocenters. The second-order valence-corrected chi connectivity index (χ2v) is 3.81. The van der Waals surface area contributed by atoms with Crippen LogP contribution in [0.2, 0.25) is 0 Å². The molecular weight excluding hydrogens is 212 g/mol. The molecule has 0 radical (unpaired) electrons. The number of hydrogen-bond donors (Lipinski definition) is 2. The molecule has 0 saturated heterocycles. The highest BCUT2D eigenvalue weighted by Crippen LogP contribution is 2.21. The van der Waals surface area contributed by atoms with Gasteiger partial charge >= 0.3 is 11.9 Å². The largest absolute Gasteiger partial charge is 0.481 e. The first-order chi connectivity index (χ1) is 7.59. The number of fused-ring (bicyclic) bond motifs is 1. The summed E-state index contributed by atoms with van der Waals surface area (Å²) >= 11 is 0. The van der Waals surface area contributed by atoms with E-state index in [2.05, 4.69) is 4.98 Å². The van der Waals surface area contributed by atoms with Crippen molar-refractivity contribution in [2.45, 2.75) is 32.2 Å². The summed E-state index contributed by atoms with van der Waals surface area (Å²) in [5.41, 5.74) is 0.672. The standard InChI is InChI=1S/C10H12N2O4/c13-8(14)5-7-11-9(10(15)16)6-3-1-2-4-12(6)7/h1-5H2,(H,13,14)(H,15,16). The smallest absolute Gasteiger partial charge is 0.356 e. The topological polar surface area (TPSA) is 92.4 Å². The zero-order valence-corrected chi connectivity index (χ0v) is 8.64. The van der Waals surface area contributed by atoms with Gasteiger partial charge in [-0.15, -0.1) is 0 Å². The van der Waals surface area contributed by atoms with Crippen molar-refractivity contribution in [1.82, 2.24) is 9.55 Å². The maximum absolute atomic E-state index is 10.9. The van der Waals surface area contributed by atoms with Gasteiger partial charge in [0, 0.05) is 6.54 Å². The third kappa shape index (κ3) is 1.78. The molecule has 6 heteroatoms. The molecule has 2 heterocycles. The van der Waals surface area contributed by atoms with Crippen molar-refractivity contribution in [1.29, 1.82) is 0 Å². The molecule has 16 heavy (non-hydrogen) atoms. The van der Waals surface area contributed by atoms with Crippen LogP contribution in [-0.2, 0) is 24.2 Å². The van der Waals surface area contributed by atoms with Crippen molar-refractivity contribution < 1.29 is 19.8 Å². The van der Waals surface area contributed by atoms with Gasteiger partial charge < -0.3 is 14.8 Å². The Morgan fingerprint density at radius 3 is 2.69 bits per heavy atom. The van der Waals surface area contributed by atoms with E-state index in [0.29, 0.717) is 24.5 Å². The van der Waals surface area contributed by atoms with E-state index in [-0.39, 0.29) is 12.1 Å². The predicted octanol–water partition coefficient (Wildman–Crippen LogP) is 0.545. The van der Waals surface area contributed by atoms with Gasteiger partial charge in [-0.1, -0.05) is 0 Å². The number of aromatic nitrogens is 2. The summed E-state index contributed by atoms with van der Waals surface area (Å²) in [6.07, 6.45) is 2.31. The zero-order valence-electron chi connectivity index (χ0n) is 8.64. The molecule has 0 spiro atoms. The third-order valence-corrected chi connectivity index (χ3v) is 2.71. The maximum Gasteiger partial charge on any atom is 0.356 e. The molecule has 1 aromatic heterocycles. The Hall–Kier alpha value is -1.85. The summed E-state index contributed by atoms with van der Waals surface area (Å²) in [4.78, 5) is 25.5. The van der Waals surface area contributed by atoms with Gasteiger partial charge in [-0.3, -0.25) is 4.79 Å². The van der Waals surface area contributed by atoms with Crippen LogP contribution in [0.3, 0.4) is 0 Å². The van der Waals surface area contributed by atoms with Crippen LogP contribution in [0.4, 0.5) is 0 Å². The van der Waals surface area contributed by atoms with E-state index in [4.69, 9.17) is 10.2 Å². The Labute approximate surface area is 91.5 Å². The van der Waals surface area contributed by atoms with Gasteiger partial charge in [0.2, 0.25) is 0 Å². The van der Waals surface area contributed by atoms with Crippen LogP contribution in [0, 0.1) is 0 Å². The second-order valence-electron chi connectivity index (χ2n) is 3.81. The van der Waals surface area contributed by atoms with Crippen LogP contribution < -0.4 is 0 Å². The highest BCUT2D eigenvalue weighted by atomic mass is 16.4.